The molecule has 19 heavy (non-hydrogen) atoms. The third-order valence-electron chi connectivity index (χ3n) is 3.46. The minimum Gasteiger partial charge on any atom is -0.480 e. The fraction of sp³-hybridized carbons (Fsp3) is 0.727. The summed E-state index contributed by atoms with van der Waals surface area (Å²) in [6.45, 7) is 0.504. The Kier molecular flexibility index (Phi) is 4.18. The number of rotatable bonds is 2. The molecule has 8 heteroatoms. The Morgan fingerprint density at radius 3 is 2.63 bits per heavy atom. The van der Waals surface area contributed by atoms with Crippen LogP contribution in [0.4, 0.5) is 4.79 Å². The van der Waals surface area contributed by atoms with E-state index < -0.39 is 18.1 Å². The second-order valence-corrected chi connectivity index (χ2v) is 5.57. The summed E-state index contributed by atoms with van der Waals surface area (Å²) in [5.41, 5.74) is 0. The van der Waals surface area contributed by atoms with Gasteiger partial charge in [-0.05, 0) is 12.8 Å². The first-order valence-corrected chi connectivity index (χ1v) is 7.31. The number of amides is 3. The second kappa shape index (κ2) is 5.68. The number of hydrogen-bond donors (Lipinski definition) is 2. The van der Waals surface area contributed by atoms with E-state index in [1.165, 1.54) is 28.6 Å². The van der Waals surface area contributed by atoms with Gasteiger partial charge in [-0.2, -0.15) is 0 Å². The van der Waals surface area contributed by atoms with E-state index in [0.29, 0.717) is 24.6 Å². The summed E-state index contributed by atoms with van der Waals surface area (Å²) in [5, 5.41) is 11.6. The van der Waals surface area contributed by atoms with Crippen LogP contribution >= 0.6 is 11.8 Å². The van der Waals surface area contributed by atoms with Crippen molar-refractivity contribution in [1.82, 2.24) is 15.1 Å². The second-order valence-electron chi connectivity index (χ2n) is 4.57. The van der Waals surface area contributed by atoms with E-state index in [4.69, 9.17) is 5.11 Å². The van der Waals surface area contributed by atoms with Gasteiger partial charge in [0.2, 0.25) is 5.91 Å². The van der Waals surface area contributed by atoms with Gasteiger partial charge in [0.05, 0.1) is 5.88 Å². The maximum absolute atomic E-state index is 12.4. The normalized spacial score (nSPS) is 26.6. The highest BCUT2D eigenvalue weighted by molar-refractivity contribution is 7.99. The van der Waals surface area contributed by atoms with Crippen molar-refractivity contribution >= 4 is 29.7 Å². The first-order chi connectivity index (χ1) is 9.06. The minimum atomic E-state index is -0.992. The maximum Gasteiger partial charge on any atom is 0.327 e. The predicted molar refractivity (Wildman–Crippen MR) is 69.8 cm³/mol. The van der Waals surface area contributed by atoms with Gasteiger partial charge < -0.3 is 20.2 Å². The predicted octanol–water partition coefficient (Wildman–Crippen LogP) is -0.224. The van der Waals surface area contributed by atoms with Crippen LogP contribution in [0.2, 0.25) is 0 Å². The van der Waals surface area contributed by atoms with Crippen LogP contribution in [0.1, 0.15) is 12.8 Å². The molecule has 7 nitrogen and oxygen atoms in total. The van der Waals surface area contributed by atoms with E-state index in [2.05, 4.69) is 5.32 Å². The van der Waals surface area contributed by atoms with E-state index in [0.717, 1.165) is 6.42 Å². The van der Waals surface area contributed by atoms with E-state index in [1.807, 2.05) is 0 Å². The van der Waals surface area contributed by atoms with Gasteiger partial charge in [0.25, 0.3) is 0 Å². The standard InChI is InChI=1S/C11H17N3O4S/c1-12-9(15)7-3-2-4-13(7)11(18)14-6-19-5-8(14)10(16)17/h7-8H,2-6H2,1H3,(H,12,15)(H,16,17)/t7?,8-/m0/s1. The molecule has 2 rings (SSSR count). The molecule has 106 valence electrons. The zero-order valence-corrected chi connectivity index (χ0v) is 11.5. The van der Waals surface area contributed by atoms with Crippen LogP contribution in [0.15, 0.2) is 0 Å². The third kappa shape index (κ3) is 2.63. The average Bonchev–Trinajstić information content (AvgIpc) is 3.05. The summed E-state index contributed by atoms with van der Waals surface area (Å²) >= 11 is 1.42. The summed E-state index contributed by atoms with van der Waals surface area (Å²) < 4.78 is 0. The van der Waals surface area contributed by atoms with E-state index in [-0.39, 0.29) is 11.9 Å². The molecular formula is C11H17N3O4S. The molecule has 0 bridgehead atoms. The van der Waals surface area contributed by atoms with Gasteiger partial charge in [-0.1, -0.05) is 0 Å². The molecule has 0 aliphatic carbocycles. The molecule has 0 aromatic rings. The molecule has 2 fully saturated rings. The number of carboxylic acids is 1. The zero-order valence-electron chi connectivity index (χ0n) is 10.7. The third-order valence-corrected chi connectivity index (χ3v) is 4.47. The number of hydrogen-bond acceptors (Lipinski definition) is 4. The zero-order chi connectivity index (χ0) is 14.0. The van der Waals surface area contributed by atoms with Gasteiger partial charge in [-0.3, -0.25) is 4.79 Å². The smallest absolute Gasteiger partial charge is 0.327 e. The lowest BCUT2D eigenvalue weighted by Crippen LogP contribution is -2.53. The molecule has 3 amide bonds. The molecule has 2 saturated heterocycles. The number of thioether (sulfide) groups is 1. The molecule has 0 radical (unpaired) electrons. The van der Waals surface area contributed by atoms with Crippen LogP contribution in [-0.4, -0.2) is 70.1 Å². The van der Waals surface area contributed by atoms with E-state index in [1.54, 1.807) is 0 Å². The maximum atomic E-state index is 12.4. The molecule has 0 spiro atoms. The summed E-state index contributed by atoms with van der Waals surface area (Å²) in [6, 6.07) is -1.61. The highest BCUT2D eigenvalue weighted by Crippen LogP contribution is 2.26. The number of aliphatic carboxylic acids is 1. The molecule has 2 heterocycles. The number of nitrogens with zero attached hydrogens (tertiary/aromatic N) is 2. The Bertz CT molecular complexity index is 403. The molecule has 0 aromatic carbocycles. The Balaban J connectivity index is 2.10. The first-order valence-electron chi connectivity index (χ1n) is 6.15. The number of carbonyl (C=O) groups is 3. The van der Waals surface area contributed by atoms with Gasteiger partial charge in [0, 0.05) is 19.3 Å². The van der Waals surface area contributed by atoms with Crippen LogP contribution in [0.5, 0.6) is 0 Å². The number of urea groups is 1. The number of likely N-dealkylation sites (tertiary alicyclic amines) is 1. The lowest BCUT2D eigenvalue weighted by atomic mass is 10.2. The molecule has 2 N–H and O–H groups in total. The summed E-state index contributed by atoms with van der Waals surface area (Å²) in [6.07, 6.45) is 1.40. The van der Waals surface area contributed by atoms with Gasteiger partial charge in [0.1, 0.15) is 12.1 Å². The van der Waals surface area contributed by atoms with Gasteiger partial charge in [-0.25, -0.2) is 9.59 Å². The Labute approximate surface area is 115 Å². The topological polar surface area (TPSA) is 90.0 Å². The number of carboxylic acid groups (broad SMARTS) is 1. The van der Waals surface area contributed by atoms with Crippen molar-refractivity contribution in [3.63, 3.8) is 0 Å². The minimum absolute atomic E-state index is 0.190. The molecule has 2 atom stereocenters. The van der Waals surface area contributed by atoms with Crippen LogP contribution < -0.4 is 5.32 Å². The number of nitrogens with one attached hydrogen (secondary N) is 1. The average molecular weight is 287 g/mol. The highest BCUT2D eigenvalue weighted by Gasteiger charge is 2.41. The van der Waals surface area contributed by atoms with Crippen LogP contribution in [0.3, 0.4) is 0 Å². The largest absolute Gasteiger partial charge is 0.480 e. The monoisotopic (exact) mass is 287 g/mol. The molecular weight excluding hydrogens is 270 g/mol. The molecule has 2 aliphatic rings. The lowest BCUT2D eigenvalue weighted by Gasteiger charge is -2.30. The SMILES string of the molecule is CNC(=O)C1CCCN1C(=O)N1CSC[C@H]1C(=O)O. The number of likely N-dealkylation sites (N-methyl/N-ethyl adjacent to an activating group) is 1. The molecule has 2 aliphatic heterocycles. The van der Waals surface area contributed by atoms with Crippen molar-refractivity contribution in [2.24, 2.45) is 0 Å². The Morgan fingerprint density at radius 1 is 1.26 bits per heavy atom. The van der Waals surface area contributed by atoms with E-state index in [9.17, 15) is 14.4 Å². The van der Waals surface area contributed by atoms with Crippen molar-refractivity contribution in [2.75, 3.05) is 25.2 Å². The molecule has 0 saturated carbocycles. The fourth-order valence-corrected chi connectivity index (χ4v) is 3.57. The molecule has 1 unspecified atom stereocenters. The summed E-state index contributed by atoms with van der Waals surface area (Å²) in [5.74, 6) is -0.412. The highest BCUT2D eigenvalue weighted by atomic mass is 32.2. The Hall–Kier alpha value is -1.44. The van der Waals surface area contributed by atoms with Crippen molar-refractivity contribution in [1.29, 1.82) is 0 Å². The van der Waals surface area contributed by atoms with Crippen molar-refractivity contribution in [3.05, 3.63) is 0 Å². The summed E-state index contributed by atoms with van der Waals surface area (Å²) in [7, 11) is 1.54. The first kappa shape index (κ1) is 14.0. The number of carbonyl (C=O) groups excluding carboxylic acids is 2. The van der Waals surface area contributed by atoms with Gasteiger partial charge >= 0.3 is 12.0 Å². The van der Waals surface area contributed by atoms with Crippen LogP contribution in [0.25, 0.3) is 0 Å². The fourth-order valence-electron chi connectivity index (χ4n) is 2.44. The quantitative estimate of drug-likeness (QED) is 0.732. The van der Waals surface area contributed by atoms with Gasteiger partial charge in [-0.15, -0.1) is 11.8 Å². The van der Waals surface area contributed by atoms with Crippen molar-refractivity contribution < 1.29 is 19.5 Å². The van der Waals surface area contributed by atoms with Crippen molar-refractivity contribution in [3.8, 4) is 0 Å². The van der Waals surface area contributed by atoms with Gasteiger partial charge in [0.15, 0.2) is 0 Å². The van der Waals surface area contributed by atoms with E-state index >= 15 is 0 Å². The van der Waals surface area contributed by atoms with Crippen molar-refractivity contribution in [2.45, 2.75) is 24.9 Å². The van der Waals surface area contributed by atoms with Crippen LogP contribution in [0, 0.1) is 0 Å². The molecule has 0 aromatic heterocycles. The summed E-state index contributed by atoms with van der Waals surface area (Å²) in [4.78, 5) is 38.0. The van der Waals surface area contributed by atoms with Crippen LogP contribution in [-0.2, 0) is 9.59 Å². The lowest BCUT2D eigenvalue weighted by molar-refractivity contribution is -0.140. The Morgan fingerprint density at radius 2 is 2.00 bits per heavy atom.